The fourth-order valence-electron chi connectivity index (χ4n) is 2.97. The second-order valence-electron chi connectivity index (χ2n) is 6.48. The molecule has 0 bridgehead atoms. The van der Waals surface area contributed by atoms with Gasteiger partial charge in [0.25, 0.3) is 5.91 Å². The standard InChI is InChI=1S/C20H19N7O/c1-15-22-23-24-27(15)19-10-6-7-17(11-19)20(28)25(2)13-16-12-21-26(14-16)18-8-4-3-5-9-18/h3-12,14H,13H2,1-2H3. The summed E-state index contributed by atoms with van der Waals surface area (Å²) in [5.74, 6) is 0.575. The molecule has 0 aliphatic rings. The van der Waals surface area contributed by atoms with Gasteiger partial charge < -0.3 is 4.90 Å². The summed E-state index contributed by atoms with van der Waals surface area (Å²) in [4.78, 5) is 14.5. The molecule has 0 unspecified atom stereocenters. The monoisotopic (exact) mass is 373 g/mol. The van der Waals surface area contributed by atoms with E-state index in [9.17, 15) is 4.79 Å². The topological polar surface area (TPSA) is 81.7 Å². The van der Waals surface area contributed by atoms with Crippen molar-refractivity contribution in [2.45, 2.75) is 13.5 Å². The zero-order chi connectivity index (χ0) is 19.5. The van der Waals surface area contributed by atoms with Crippen LogP contribution in [0, 0.1) is 6.92 Å². The molecule has 8 heteroatoms. The average Bonchev–Trinajstić information content (AvgIpc) is 3.37. The quantitative estimate of drug-likeness (QED) is 0.537. The highest BCUT2D eigenvalue weighted by molar-refractivity contribution is 5.94. The molecule has 0 aliphatic carbocycles. The van der Waals surface area contributed by atoms with E-state index in [1.165, 1.54) is 0 Å². The predicted molar refractivity (Wildman–Crippen MR) is 103 cm³/mol. The van der Waals surface area contributed by atoms with Crippen LogP contribution in [0.25, 0.3) is 11.4 Å². The Labute approximate surface area is 162 Å². The SMILES string of the molecule is Cc1nnnn1-c1cccc(C(=O)N(C)Cc2cnn(-c3ccccc3)c2)c1. The van der Waals surface area contributed by atoms with Crippen molar-refractivity contribution in [2.75, 3.05) is 7.05 Å². The summed E-state index contributed by atoms with van der Waals surface area (Å²) >= 11 is 0. The Morgan fingerprint density at radius 3 is 2.61 bits per heavy atom. The first-order valence-corrected chi connectivity index (χ1v) is 8.81. The highest BCUT2D eigenvalue weighted by Gasteiger charge is 2.15. The maximum atomic E-state index is 12.9. The normalized spacial score (nSPS) is 10.8. The van der Waals surface area contributed by atoms with Gasteiger partial charge in [-0.3, -0.25) is 4.79 Å². The predicted octanol–water partition coefficient (Wildman–Crippen LogP) is 2.43. The van der Waals surface area contributed by atoms with Crippen molar-refractivity contribution < 1.29 is 4.79 Å². The van der Waals surface area contributed by atoms with E-state index in [1.54, 1.807) is 39.6 Å². The average molecular weight is 373 g/mol. The number of para-hydroxylation sites is 1. The fraction of sp³-hybridized carbons (Fsp3) is 0.150. The van der Waals surface area contributed by atoms with Gasteiger partial charge >= 0.3 is 0 Å². The molecule has 140 valence electrons. The van der Waals surface area contributed by atoms with Gasteiger partial charge in [0, 0.05) is 30.9 Å². The fourth-order valence-corrected chi connectivity index (χ4v) is 2.97. The first-order valence-electron chi connectivity index (χ1n) is 8.81. The van der Waals surface area contributed by atoms with Gasteiger partial charge in [0.15, 0.2) is 5.82 Å². The molecule has 4 aromatic rings. The van der Waals surface area contributed by atoms with E-state index in [-0.39, 0.29) is 5.91 Å². The van der Waals surface area contributed by atoms with E-state index in [0.29, 0.717) is 17.9 Å². The lowest BCUT2D eigenvalue weighted by atomic mass is 10.1. The number of hydrogen-bond acceptors (Lipinski definition) is 5. The van der Waals surface area contributed by atoms with Crippen LogP contribution in [0.4, 0.5) is 0 Å². The van der Waals surface area contributed by atoms with Gasteiger partial charge in [0.1, 0.15) is 0 Å². The molecule has 0 radical (unpaired) electrons. The second-order valence-corrected chi connectivity index (χ2v) is 6.48. The van der Waals surface area contributed by atoms with Crippen molar-refractivity contribution in [1.29, 1.82) is 0 Å². The zero-order valence-electron chi connectivity index (χ0n) is 15.6. The molecule has 4 rings (SSSR count). The van der Waals surface area contributed by atoms with Crippen LogP contribution >= 0.6 is 0 Å². The number of carbonyl (C=O) groups is 1. The highest BCUT2D eigenvalue weighted by Crippen LogP contribution is 2.14. The van der Waals surface area contributed by atoms with E-state index in [1.807, 2.05) is 55.6 Å². The molecule has 0 atom stereocenters. The van der Waals surface area contributed by atoms with E-state index in [2.05, 4.69) is 20.6 Å². The molecule has 8 nitrogen and oxygen atoms in total. The molecule has 0 aliphatic heterocycles. The van der Waals surface area contributed by atoms with Crippen LogP contribution in [-0.4, -0.2) is 47.8 Å². The van der Waals surface area contributed by atoms with Crippen molar-refractivity contribution in [3.05, 3.63) is 83.9 Å². The summed E-state index contributed by atoms with van der Waals surface area (Å²) in [6.45, 7) is 2.27. The number of carbonyl (C=O) groups excluding carboxylic acids is 1. The Balaban J connectivity index is 1.50. The van der Waals surface area contributed by atoms with Crippen LogP contribution in [0.2, 0.25) is 0 Å². The third-order valence-corrected chi connectivity index (χ3v) is 4.39. The van der Waals surface area contributed by atoms with Crippen LogP contribution in [0.1, 0.15) is 21.7 Å². The Bertz CT molecular complexity index is 1100. The summed E-state index contributed by atoms with van der Waals surface area (Å²) < 4.78 is 3.40. The van der Waals surface area contributed by atoms with Gasteiger partial charge in [0.05, 0.1) is 17.6 Å². The van der Waals surface area contributed by atoms with Crippen LogP contribution in [0.15, 0.2) is 67.0 Å². The summed E-state index contributed by atoms with van der Waals surface area (Å²) in [6, 6.07) is 17.1. The molecule has 0 saturated carbocycles. The zero-order valence-corrected chi connectivity index (χ0v) is 15.6. The maximum absolute atomic E-state index is 12.9. The number of benzene rings is 2. The van der Waals surface area contributed by atoms with E-state index < -0.39 is 0 Å². The van der Waals surface area contributed by atoms with Gasteiger partial charge in [-0.15, -0.1) is 5.10 Å². The van der Waals surface area contributed by atoms with E-state index in [0.717, 1.165) is 16.9 Å². The molecule has 28 heavy (non-hydrogen) atoms. The Morgan fingerprint density at radius 1 is 1.07 bits per heavy atom. The molecule has 1 amide bonds. The number of aryl methyl sites for hydroxylation is 1. The Kier molecular flexibility index (Phi) is 4.67. The number of tetrazole rings is 1. The van der Waals surface area contributed by atoms with Gasteiger partial charge in [-0.05, 0) is 47.7 Å². The lowest BCUT2D eigenvalue weighted by molar-refractivity contribution is 0.0785. The minimum atomic E-state index is -0.0833. The number of amides is 1. The Hall–Kier alpha value is -3.81. The summed E-state index contributed by atoms with van der Waals surface area (Å²) in [5, 5.41) is 15.9. The molecule has 2 heterocycles. The molecule has 0 N–H and O–H groups in total. The van der Waals surface area contributed by atoms with Crippen molar-refractivity contribution >= 4 is 5.91 Å². The van der Waals surface area contributed by atoms with Gasteiger partial charge in [0.2, 0.25) is 0 Å². The number of nitrogens with zero attached hydrogens (tertiary/aromatic N) is 7. The van der Waals surface area contributed by atoms with Gasteiger partial charge in [-0.1, -0.05) is 24.3 Å². The first-order chi connectivity index (χ1) is 13.6. The van der Waals surface area contributed by atoms with E-state index in [4.69, 9.17) is 0 Å². The minimum absolute atomic E-state index is 0.0833. The van der Waals surface area contributed by atoms with Crippen LogP contribution in [0.3, 0.4) is 0 Å². The maximum Gasteiger partial charge on any atom is 0.253 e. The first kappa shape index (κ1) is 17.6. The lowest BCUT2D eigenvalue weighted by Gasteiger charge is -2.16. The number of rotatable bonds is 5. The minimum Gasteiger partial charge on any atom is -0.337 e. The van der Waals surface area contributed by atoms with Gasteiger partial charge in [-0.2, -0.15) is 9.78 Å². The lowest BCUT2D eigenvalue weighted by Crippen LogP contribution is -2.26. The van der Waals surface area contributed by atoms with Crippen molar-refractivity contribution in [1.82, 2.24) is 34.9 Å². The highest BCUT2D eigenvalue weighted by atomic mass is 16.2. The van der Waals surface area contributed by atoms with E-state index >= 15 is 0 Å². The van der Waals surface area contributed by atoms with Gasteiger partial charge in [-0.25, -0.2) is 4.68 Å². The van der Waals surface area contributed by atoms with Crippen molar-refractivity contribution in [3.8, 4) is 11.4 Å². The number of hydrogen-bond donors (Lipinski definition) is 0. The second kappa shape index (κ2) is 7.43. The summed E-state index contributed by atoms with van der Waals surface area (Å²) in [6.07, 6.45) is 3.71. The molecule has 2 aromatic heterocycles. The Morgan fingerprint density at radius 2 is 1.86 bits per heavy atom. The van der Waals surface area contributed by atoms with Crippen LogP contribution in [0.5, 0.6) is 0 Å². The smallest absolute Gasteiger partial charge is 0.253 e. The van der Waals surface area contributed by atoms with Crippen molar-refractivity contribution in [2.24, 2.45) is 0 Å². The molecular formula is C20H19N7O. The van der Waals surface area contributed by atoms with Crippen LogP contribution < -0.4 is 0 Å². The number of aromatic nitrogens is 6. The van der Waals surface area contributed by atoms with Crippen LogP contribution in [-0.2, 0) is 6.54 Å². The molecule has 0 fully saturated rings. The largest absolute Gasteiger partial charge is 0.337 e. The molecule has 0 saturated heterocycles. The third-order valence-electron chi connectivity index (χ3n) is 4.39. The summed E-state index contributed by atoms with van der Waals surface area (Å²) in [7, 11) is 1.77. The third kappa shape index (κ3) is 3.52. The molecule has 2 aromatic carbocycles. The molecule has 0 spiro atoms. The summed E-state index contributed by atoms with van der Waals surface area (Å²) in [5.41, 5.74) is 3.25. The molecular weight excluding hydrogens is 354 g/mol. The van der Waals surface area contributed by atoms with Crippen molar-refractivity contribution in [3.63, 3.8) is 0 Å².